The Morgan fingerprint density at radius 2 is 1.37 bits per heavy atom. The highest BCUT2D eigenvalue weighted by Crippen LogP contribution is 2.45. The van der Waals surface area contributed by atoms with Gasteiger partial charge in [0.1, 0.15) is 23.4 Å². The normalized spacial score (nSPS) is 23.9. The van der Waals surface area contributed by atoms with E-state index in [9.17, 15) is 9.90 Å². The van der Waals surface area contributed by atoms with Gasteiger partial charge in [0.15, 0.2) is 5.79 Å². The van der Waals surface area contributed by atoms with Gasteiger partial charge in [-0.15, -0.1) is 6.58 Å². The van der Waals surface area contributed by atoms with Gasteiger partial charge in [-0.1, -0.05) is 97.1 Å². The Morgan fingerprint density at radius 3 is 1.81 bits per heavy atom. The Labute approximate surface area is 255 Å². The van der Waals surface area contributed by atoms with E-state index in [1.54, 1.807) is 11.0 Å². The van der Waals surface area contributed by atoms with Crippen LogP contribution in [0.1, 0.15) is 57.7 Å². The second kappa shape index (κ2) is 12.2. The van der Waals surface area contributed by atoms with E-state index in [1.165, 1.54) is 0 Å². The fourth-order valence-electron chi connectivity index (χ4n) is 6.36. The van der Waals surface area contributed by atoms with Gasteiger partial charge in [-0.2, -0.15) is 0 Å². The molecule has 228 valence electrons. The third-order valence-electron chi connectivity index (χ3n) is 7.98. The molecule has 2 aliphatic rings. The minimum absolute atomic E-state index is 0.0792. The maximum atomic E-state index is 13.9. The topological polar surface area (TPSA) is 77.5 Å². The summed E-state index contributed by atoms with van der Waals surface area (Å²) in [4.78, 5) is 15.5. The molecule has 0 bridgehead atoms. The minimum atomic E-state index is -1.01. The van der Waals surface area contributed by atoms with Gasteiger partial charge < -0.3 is 24.1 Å². The van der Waals surface area contributed by atoms with Gasteiger partial charge in [0.25, 0.3) is 0 Å². The number of aliphatic hydroxyl groups excluding tert-OH is 1. The van der Waals surface area contributed by atoms with Crippen LogP contribution in [0.3, 0.4) is 0 Å². The number of nitrogens with zero attached hydrogens (tertiary/aromatic N) is 1. The number of ether oxygens (including phenoxy) is 4. The zero-order chi connectivity index (χ0) is 30.8. The number of carbonyl (C=O) groups is 1. The molecule has 2 heterocycles. The number of fused-ring (bicyclic) bond motifs is 1. The van der Waals surface area contributed by atoms with Crippen molar-refractivity contribution in [2.45, 2.75) is 88.4 Å². The molecule has 2 saturated heterocycles. The fraction of sp³-hybridized carbons (Fsp3) is 0.417. The average molecular weight is 586 g/mol. The molecule has 7 nitrogen and oxygen atoms in total. The molecule has 2 fully saturated rings. The molecule has 43 heavy (non-hydrogen) atoms. The van der Waals surface area contributed by atoms with Crippen LogP contribution < -0.4 is 0 Å². The fourth-order valence-corrected chi connectivity index (χ4v) is 6.36. The van der Waals surface area contributed by atoms with Crippen molar-refractivity contribution in [3.05, 3.63) is 120 Å². The second-order valence-corrected chi connectivity index (χ2v) is 12.7. The highest BCUT2D eigenvalue weighted by molar-refractivity contribution is 5.70. The van der Waals surface area contributed by atoms with Crippen molar-refractivity contribution in [3.63, 3.8) is 0 Å². The zero-order valence-electron chi connectivity index (χ0n) is 25.7. The molecule has 3 aromatic carbocycles. The summed E-state index contributed by atoms with van der Waals surface area (Å²) in [5.41, 5.74) is 1.07. The van der Waals surface area contributed by atoms with Crippen LogP contribution in [0.4, 0.5) is 4.79 Å². The van der Waals surface area contributed by atoms with Gasteiger partial charge in [-0.05, 0) is 57.7 Å². The molecule has 7 heteroatoms. The monoisotopic (exact) mass is 585 g/mol. The zero-order valence-corrected chi connectivity index (χ0v) is 25.7. The molecule has 0 spiro atoms. The standard InChI is InChI=1S/C36H43NO6/c1-7-17-29(38)30-32-31(41-35(5,6)42-32)28(37(30)33(39)43-34(2,3)4)24-40-36(25-18-11-8-12-19-25,26-20-13-9-14-21-26)27-22-15-10-16-23-27/h7-16,18-23,28-32,38H,1,17,24H2,2-6H3/t28-,29+,30+,31-,32+/m1/s1. The van der Waals surface area contributed by atoms with Crippen molar-refractivity contribution in [3.8, 4) is 0 Å². The van der Waals surface area contributed by atoms with Crippen molar-refractivity contribution >= 4 is 6.09 Å². The van der Waals surface area contributed by atoms with Gasteiger partial charge in [0.05, 0.1) is 24.8 Å². The summed E-state index contributed by atoms with van der Waals surface area (Å²) in [6, 6.07) is 28.9. The molecular formula is C36H43NO6. The van der Waals surface area contributed by atoms with Crippen LogP contribution >= 0.6 is 0 Å². The molecule has 0 aromatic heterocycles. The first-order valence-corrected chi connectivity index (χ1v) is 14.9. The van der Waals surface area contributed by atoms with Crippen molar-refractivity contribution in [2.24, 2.45) is 0 Å². The van der Waals surface area contributed by atoms with E-state index in [0.29, 0.717) is 0 Å². The largest absolute Gasteiger partial charge is 0.444 e. The molecule has 5 rings (SSSR count). The van der Waals surface area contributed by atoms with Gasteiger partial charge in [-0.3, -0.25) is 4.90 Å². The maximum absolute atomic E-state index is 13.9. The van der Waals surface area contributed by atoms with Crippen molar-refractivity contribution in [1.29, 1.82) is 0 Å². The summed E-state index contributed by atoms with van der Waals surface area (Å²) in [6.45, 7) is 13.1. The lowest BCUT2D eigenvalue weighted by molar-refractivity contribution is -0.176. The number of amides is 1. The highest BCUT2D eigenvalue weighted by atomic mass is 16.8. The first-order chi connectivity index (χ1) is 20.5. The summed E-state index contributed by atoms with van der Waals surface area (Å²) in [6.07, 6.45) is -0.742. The molecule has 1 N–H and O–H groups in total. The van der Waals surface area contributed by atoms with Gasteiger partial charge >= 0.3 is 6.09 Å². The molecular weight excluding hydrogens is 542 g/mol. The van der Waals surface area contributed by atoms with Crippen LogP contribution in [0.5, 0.6) is 0 Å². The van der Waals surface area contributed by atoms with E-state index in [2.05, 4.69) is 43.0 Å². The molecule has 3 aromatic rings. The predicted octanol–water partition coefficient (Wildman–Crippen LogP) is 6.44. The lowest BCUT2D eigenvalue weighted by Crippen LogP contribution is -2.54. The Balaban J connectivity index is 1.63. The molecule has 0 unspecified atom stereocenters. The average Bonchev–Trinajstić information content (AvgIpc) is 3.44. The number of likely N-dealkylation sites (tertiary alicyclic amines) is 1. The number of benzene rings is 3. The number of hydrogen-bond acceptors (Lipinski definition) is 6. The lowest BCUT2D eigenvalue weighted by atomic mass is 9.80. The van der Waals surface area contributed by atoms with E-state index in [1.807, 2.05) is 89.2 Å². The smallest absolute Gasteiger partial charge is 0.411 e. The first-order valence-electron chi connectivity index (χ1n) is 14.9. The Morgan fingerprint density at radius 1 is 0.907 bits per heavy atom. The van der Waals surface area contributed by atoms with Crippen LogP contribution in [-0.2, 0) is 24.5 Å². The van der Waals surface area contributed by atoms with E-state index in [4.69, 9.17) is 18.9 Å². The number of aliphatic hydroxyl groups is 1. The Bertz CT molecular complexity index is 1270. The van der Waals surface area contributed by atoms with Gasteiger partial charge in [0.2, 0.25) is 0 Å². The molecule has 0 aliphatic carbocycles. The van der Waals surface area contributed by atoms with E-state index >= 15 is 0 Å². The molecule has 0 saturated carbocycles. The van der Waals surface area contributed by atoms with Crippen molar-refractivity contribution in [2.75, 3.05) is 6.61 Å². The lowest BCUT2D eigenvalue weighted by Gasteiger charge is -2.40. The van der Waals surface area contributed by atoms with Crippen molar-refractivity contribution < 1.29 is 28.8 Å². The van der Waals surface area contributed by atoms with Crippen LogP contribution in [0, 0.1) is 0 Å². The van der Waals surface area contributed by atoms with Crippen LogP contribution in [0.15, 0.2) is 104 Å². The third kappa shape index (κ3) is 6.27. The molecule has 1 amide bonds. The summed E-state index contributed by atoms with van der Waals surface area (Å²) in [5, 5.41) is 11.4. The number of hydrogen-bond donors (Lipinski definition) is 1. The van der Waals surface area contributed by atoms with Crippen LogP contribution in [-0.4, -0.2) is 64.5 Å². The molecule has 0 radical (unpaired) electrons. The summed E-state index contributed by atoms with van der Waals surface area (Å²) < 4.78 is 25.9. The van der Waals surface area contributed by atoms with E-state index < -0.39 is 53.5 Å². The molecule has 2 aliphatic heterocycles. The van der Waals surface area contributed by atoms with Crippen molar-refractivity contribution in [1.82, 2.24) is 4.90 Å². The highest BCUT2D eigenvalue weighted by Gasteiger charge is 2.62. The second-order valence-electron chi connectivity index (χ2n) is 12.7. The Kier molecular flexibility index (Phi) is 8.82. The Hall–Kier alpha value is -3.49. The number of rotatable bonds is 9. The first kappa shape index (κ1) is 31.0. The SMILES string of the molecule is C=CC[C@H](O)[C@H]1[C@@H]2OC(C)(C)O[C@@H]2[C@@H](COC(c2ccccc2)(c2ccccc2)c2ccccc2)N1C(=O)OC(C)(C)C. The predicted molar refractivity (Wildman–Crippen MR) is 165 cm³/mol. The molecule has 5 atom stereocenters. The van der Waals surface area contributed by atoms with Crippen LogP contribution in [0.25, 0.3) is 0 Å². The van der Waals surface area contributed by atoms with E-state index in [0.717, 1.165) is 16.7 Å². The van der Waals surface area contributed by atoms with Crippen LogP contribution in [0.2, 0.25) is 0 Å². The van der Waals surface area contributed by atoms with Gasteiger partial charge in [0, 0.05) is 0 Å². The quantitative estimate of drug-likeness (QED) is 0.230. The number of carbonyl (C=O) groups excluding carboxylic acids is 1. The minimum Gasteiger partial charge on any atom is -0.444 e. The summed E-state index contributed by atoms with van der Waals surface area (Å²) in [5.74, 6) is -0.908. The summed E-state index contributed by atoms with van der Waals surface area (Å²) >= 11 is 0. The summed E-state index contributed by atoms with van der Waals surface area (Å²) in [7, 11) is 0. The third-order valence-corrected chi connectivity index (χ3v) is 7.98. The van der Waals surface area contributed by atoms with E-state index in [-0.39, 0.29) is 13.0 Å². The maximum Gasteiger partial charge on any atom is 0.411 e. The van der Waals surface area contributed by atoms with Gasteiger partial charge in [-0.25, -0.2) is 4.79 Å².